The predicted molar refractivity (Wildman–Crippen MR) is 208 cm³/mol. The molecule has 0 saturated heterocycles. The Morgan fingerprint density at radius 2 is 0.583 bits per heavy atom. The number of hydrogen-bond donors (Lipinski definition) is 2. The molecule has 0 aromatic carbocycles. The van der Waals surface area contributed by atoms with Crippen molar-refractivity contribution in [3.63, 3.8) is 0 Å². The summed E-state index contributed by atoms with van der Waals surface area (Å²) in [6.07, 6.45) is 37.5. The first-order valence-electron chi connectivity index (χ1n) is 21.4. The molecule has 0 heterocycles. The van der Waals surface area contributed by atoms with Gasteiger partial charge in [-0.2, -0.15) is 0 Å². The Kier molecular flexibility index (Phi) is 34.1. The van der Waals surface area contributed by atoms with Gasteiger partial charge >= 0.3 is 0 Å². The van der Waals surface area contributed by atoms with E-state index in [0.29, 0.717) is 12.8 Å². The van der Waals surface area contributed by atoms with E-state index in [-0.39, 0.29) is 11.6 Å². The fraction of sp³-hybridized carbons (Fsp3) is 0.953. The van der Waals surface area contributed by atoms with E-state index in [1.54, 1.807) is 25.8 Å². The summed E-state index contributed by atoms with van der Waals surface area (Å²) in [5, 5.41) is 21.1. The normalized spacial score (nSPS) is 14.3. The van der Waals surface area contributed by atoms with E-state index in [4.69, 9.17) is 0 Å². The van der Waals surface area contributed by atoms with Crippen LogP contribution in [-0.2, 0) is 9.59 Å². The Labute approximate surface area is 300 Å². The van der Waals surface area contributed by atoms with E-state index in [2.05, 4.69) is 13.8 Å². The second kappa shape index (κ2) is 34.7. The molecule has 0 fully saturated rings. The quantitative estimate of drug-likeness (QED) is 0.0635. The molecule has 0 saturated carbocycles. The highest BCUT2D eigenvalue weighted by atomic mass is 16.3. The standard InChI is InChI=1S/C43H85NO4/c1-6-8-10-12-14-16-18-20-22-24-26-28-30-32-34-36-40(47)42(38(3)45)44(5)43(39(4)46)41(48)37-35-33-31-29-27-25-23-21-19-17-15-13-11-9-7-2/h38-39,42-43,45-46H,6-37H2,1-5H3. The van der Waals surface area contributed by atoms with Gasteiger partial charge in [-0.15, -0.1) is 0 Å². The van der Waals surface area contributed by atoms with Crippen LogP contribution in [0.1, 0.15) is 233 Å². The summed E-state index contributed by atoms with van der Waals surface area (Å²) in [6.45, 7) is 7.80. The SMILES string of the molecule is CCCCCCCCCCCCCCCCCC(=O)C(C(C)O)N(C)C(C(=O)CCCCCCCCCCCCCCCCC)C(C)O. The minimum Gasteiger partial charge on any atom is -0.391 e. The molecule has 0 rings (SSSR count). The van der Waals surface area contributed by atoms with Crippen molar-refractivity contribution in [3.05, 3.63) is 0 Å². The topological polar surface area (TPSA) is 77.8 Å². The van der Waals surface area contributed by atoms with Crippen molar-refractivity contribution >= 4 is 11.6 Å². The molecule has 0 aromatic heterocycles. The average molecular weight is 680 g/mol. The van der Waals surface area contributed by atoms with Gasteiger partial charge in [0.15, 0.2) is 11.6 Å². The molecule has 5 nitrogen and oxygen atoms in total. The molecule has 0 spiro atoms. The lowest BCUT2D eigenvalue weighted by Crippen LogP contribution is -2.56. The van der Waals surface area contributed by atoms with Crippen molar-refractivity contribution in [3.8, 4) is 0 Å². The van der Waals surface area contributed by atoms with Crippen LogP contribution in [0, 0.1) is 0 Å². The van der Waals surface area contributed by atoms with Crippen LogP contribution in [0.15, 0.2) is 0 Å². The Morgan fingerprint density at radius 3 is 0.771 bits per heavy atom. The lowest BCUT2D eigenvalue weighted by molar-refractivity contribution is -0.136. The van der Waals surface area contributed by atoms with E-state index >= 15 is 0 Å². The van der Waals surface area contributed by atoms with Crippen LogP contribution in [0.5, 0.6) is 0 Å². The Bertz CT molecular complexity index is 651. The van der Waals surface area contributed by atoms with Crippen molar-refractivity contribution in [2.24, 2.45) is 0 Å². The summed E-state index contributed by atoms with van der Waals surface area (Å²) in [7, 11) is 1.73. The molecule has 0 bridgehead atoms. The number of likely N-dealkylation sites (N-methyl/N-ethyl adjacent to an activating group) is 1. The van der Waals surface area contributed by atoms with E-state index < -0.39 is 24.3 Å². The van der Waals surface area contributed by atoms with E-state index in [9.17, 15) is 19.8 Å². The molecule has 286 valence electrons. The fourth-order valence-electron chi connectivity index (χ4n) is 7.48. The maximum atomic E-state index is 13.2. The van der Waals surface area contributed by atoms with Crippen LogP contribution >= 0.6 is 0 Å². The van der Waals surface area contributed by atoms with Gasteiger partial charge < -0.3 is 10.2 Å². The fourth-order valence-corrected chi connectivity index (χ4v) is 7.48. The number of rotatable bonds is 38. The van der Waals surface area contributed by atoms with Crippen LogP contribution in [0.2, 0.25) is 0 Å². The zero-order valence-electron chi connectivity index (χ0n) is 33.1. The number of Topliss-reactive ketones (excluding diaryl/α,β-unsaturated/α-hetero) is 2. The number of carbonyl (C=O) groups excluding carboxylic acids is 2. The molecule has 0 aliphatic heterocycles. The molecule has 0 amide bonds. The molecule has 0 radical (unpaired) electrons. The lowest BCUT2D eigenvalue weighted by Gasteiger charge is -2.36. The summed E-state index contributed by atoms with van der Waals surface area (Å²) in [4.78, 5) is 28.1. The van der Waals surface area contributed by atoms with Gasteiger partial charge in [-0.05, 0) is 33.7 Å². The van der Waals surface area contributed by atoms with Gasteiger partial charge in [-0.1, -0.05) is 194 Å². The third-order valence-corrected chi connectivity index (χ3v) is 10.5. The minimum absolute atomic E-state index is 0.0207. The van der Waals surface area contributed by atoms with E-state index in [1.165, 1.54) is 154 Å². The first-order chi connectivity index (χ1) is 23.3. The Morgan fingerprint density at radius 1 is 0.396 bits per heavy atom. The molecule has 0 aliphatic carbocycles. The van der Waals surface area contributed by atoms with Crippen LogP contribution in [-0.4, -0.2) is 58.0 Å². The highest BCUT2D eigenvalue weighted by Gasteiger charge is 2.37. The van der Waals surface area contributed by atoms with Crippen molar-refractivity contribution in [1.29, 1.82) is 0 Å². The Balaban J connectivity index is 4.14. The maximum absolute atomic E-state index is 13.2. The van der Waals surface area contributed by atoms with Crippen molar-refractivity contribution in [2.75, 3.05) is 7.05 Å². The number of aliphatic hydroxyl groups is 2. The van der Waals surface area contributed by atoms with Gasteiger partial charge in [0.25, 0.3) is 0 Å². The maximum Gasteiger partial charge on any atom is 0.152 e. The smallest absolute Gasteiger partial charge is 0.152 e. The first kappa shape index (κ1) is 47.2. The second-order valence-electron chi connectivity index (χ2n) is 15.4. The summed E-state index contributed by atoms with van der Waals surface area (Å²) in [5.74, 6) is -0.0414. The predicted octanol–water partition coefficient (Wildman–Crippen LogP) is 12.1. The first-order valence-corrected chi connectivity index (χ1v) is 21.4. The largest absolute Gasteiger partial charge is 0.391 e. The second-order valence-corrected chi connectivity index (χ2v) is 15.4. The summed E-state index contributed by atoms with van der Waals surface area (Å²) in [6, 6.07) is -1.53. The van der Waals surface area contributed by atoms with Crippen molar-refractivity contribution in [2.45, 2.75) is 257 Å². The average Bonchev–Trinajstić information content (AvgIpc) is 3.04. The number of hydrogen-bond acceptors (Lipinski definition) is 5. The van der Waals surface area contributed by atoms with E-state index in [1.807, 2.05) is 0 Å². The molecule has 4 atom stereocenters. The van der Waals surface area contributed by atoms with Crippen molar-refractivity contribution in [1.82, 2.24) is 4.90 Å². The number of ketones is 2. The minimum atomic E-state index is -0.890. The van der Waals surface area contributed by atoms with Crippen LogP contribution in [0.3, 0.4) is 0 Å². The third-order valence-electron chi connectivity index (χ3n) is 10.5. The van der Waals surface area contributed by atoms with Crippen LogP contribution < -0.4 is 0 Å². The molecule has 4 unspecified atom stereocenters. The summed E-state index contributed by atoms with van der Waals surface area (Å²) in [5.41, 5.74) is 0. The molecule has 5 heteroatoms. The van der Waals surface area contributed by atoms with E-state index in [0.717, 1.165) is 38.5 Å². The molecular formula is C43H85NO4. The van der Waals surface area contributed by atoms with Gasteiger partial charge in [0.2, 0.25) is 0 Å². The molecule has 0 aromatic rings. The van der Waals surface area contributed by atoms with Gasteiger partial charge in [0.05, 0.1) is 24.3 Å². The van der Waals surface area contributed by atoms with Crippen molar-refractivity contribution < 1.29 is 19.8 Å². The van der Waals surface area contributed by atoms with Crippen LogP contribution in [0.25, 0.3) is 0 Å². The molecular weight excluding hydrogens is 594 g/mol. The van der Waals surface area contributed by atoms with Gasteiger partial charge in [0.1, 0.15) is 0 Å². The summed E-state index contributed by atoms with van der Waals surface area (Å²) >= 11 is 0. The lowest BCUT2D eigenvalue weighted by atomic mass is 9.94. The van der Waals surface area contributed by atoms with Crippen LogP contribution in [0.4, 0.5) is 0 Å². The Hall–Kier alpha value is -0.780. The zero-order chi connectivity index (χ0) is 35.7. The van der Waals surface area contributed by atoms with Gasteiger partial charge in [0, 0.05) is 12.8 Å². The third kappa shape index (κ3) is 27.0. The number of nitrogens with zero attached hydrogens (tertiary/aromatic N) is 1. The van der Waals surface area contributed by atoms with Gasteiger partial charge in [-0.3, -0.25) is 14.5 Å². The zero-order valence-corrected chi connectivity index (χ0v) is 33.1. The highest BCUT2D eigenvalue weighted by Crippen LogP contribution is 2.20. The monoisotopic (exact) mass is 680 g/mol. The summed E-state index contributed by atoms with van der Waals surface area (Å²) < 4.78 is 0. The molecule has 48 heavy (non-hydrogen) atoms. The molecule has 2 N–H and O–H groups in total. The van der Waals surface area contributed by atoms with Gasteiger partial charge in [-0.25, -0.2) is 0 Å². The highest BCUT2D eigenvalue weighted by molar-refractivity contribution is 5.88. The number of unbranched alkanes of at least 4 members (excludes halogenated alkanes) is 28. The number of carbonyl (C=O) groups is 2. The number of aliphatic hydroxyl groups excluding tert-OH is 2. The molecule has 0 aliphatic rings.